The molecule has 0 saturated carbocycles. The lowest BCUT2D eigenvalue weighted by atomic mass is 9.87. The number of likely N-dealkylation sites (N-methyl/N-ethyl adjacent to an activating group) is 1. The van der Waals surface area contributed by atoms with Crippen molar-refractivity contribution >= 4 is 11.8 Å². The summed E-state index contributed by atoms with van der Waals surface area (Å²) >= 11 is 0. The standard InChI is InChI=1S/C13H27N3O3/c1-13(2,3)10(17)6-7-14-11(18)12(19)15-8-9-16(4)5/h10,17H,6-9H2,1-5H3,(H,14,18)(H,15,19)/t10-/m1/s1. The molecule has 0 aromatic carbocycles. The molecule has 0 fully saturated rings. The predicted octanol–water partition coefficient (Wildman–Crippen LogP) is -0.422. The summed E-state index contributed by atoms with van der Waals surface area (Å²) in [5.74, 6) is -1.29. The first-order chi connectivity index (χ1) is 8.64. The molecule has 3 N–H and O–H groups in total. The van der Waals surface area contributed by atoms with Gasteiger partial charge < -0.3 is 20.6 Å². The molecule has 0 radical (unpaired) electrons. The van der Waals surface area contributed by atoms with Crippen LogP contribution in [0, 0.1) is 5.41 Å². The largest absolute Gasteiger partial charge is 0.393 e. The van der Waals surface area contributed by atoms with E-state index in [0.717, 1.165) is 0 Å². The topological polar surface area (TPSA) is 81.7 Å². The molecule has 0 aliphatic carbocycles. The fourth-order valence-corrected chi connectivity index (χ4v) is 1.31. The molecule has 6 nitrogen and oxygen atoms in total. The van der Waals surface area contributed by atoms with Crippen molar-refractivity contribution in [1.29, 1.82) is 0 Å². The Morgan fingerprint density at radius 3 is 2.00 bits per heavy atom. The van der Waals surface area contributed by atoms with Gasteiger partial charge in [0.1, 0.15) is 0 Å². The van der Waals surface area contributed by atoms with Crippen molar-refractivity contribution < 1.29 is 14.7 Å². The van der Waals surface area contributed by atoms with Crippen LogP contribution in [0.5, 0.6) is 0 Å². The third-order valence-corrected chi connectivity index (χ3v) is 2.75. The molecular formula is C13H27N3O3. The van der Waals surface area contributed by atoms with Gasteiger partial charge in [-0.1, -0.05) is 20.8 Å². The van der Waals surface area contributed by atoms with Crippen LogP contribution in [-0.4, -0.2) is 61.7 Å². The van der Waals surface area contributed by atoms with Gasteiger partial charge in [0.15, 0.2) is 0 Å². The Kier molecular flexibility index (Phi) is 7.63. The van der Waals surface area contributed by atoms with Crippen molar-refractivity contribution in [2.45, 2.75) is 33.3 Å². The number of rotatable bonds is 6. The highest BCUT2D eigenvalue weighted by Crippen LogP contribution is 2.20. The van der Waals surface area contributed by atoms with Crippen molar-refractivity contribution in [3.63, 3.8) is 0 Å². The molecule has 0 aliphatic heterocycles. The minimum absolute atomic E-state index is 0.224. The maximum Gasteiger partial charge on any atom is 0.309 e. The normalized spacial score (nSPS) is 13.2. The summed E-state index contributed by atoms with van der Waals surface area (Å²) in [5.41, 5.74) is -0.224. The smallest absolute Gasteiger partial charge is 0.309 e. The van der Waals surface area contributed by atoms with E-state index in [1.807, 2.05) is 39.8 Å². The van der Waals surface area contributed by atoms with E-state index in [-0.39, 0.29) is 5.41 Å². The quantitative estimate of drug-likeness (QED) is 0.574. The summed E-state index contributed by atoms with van der Waals surface area (Å²) in [4.78, 5) is 24.7. The molecule has 0 rings (SSSR count). The molecule has 0 aliphatic rings. The first-order valence-corrected chi connectivity index (χ1v) is 6.53. The van der Waals surface area contributed by atoms with E-state index in [1.54, 1.807) is 0 Å². The van der Waals surface area contributed by atoms with Crippen LogP contribution in [0.2, 0.25) is 0 Å². The zero-order valence-electron chi connectivity index (χ0n) is 12.6. The predicted molar refractivity (Wildman–Crippen MR) is 74.7 cm³/mol. The third kappa shape index (κ3) is 8.56. The summed E-state index contributed by atoms with van der Waals surface area (Å²) < 4.78 is 0. The van der Waals surface area contributed by atoms with Crippen molar-refractivity contribution in [3.8, 4) is 0 Å². The lowest BCUT2D eigenvalue weighted by Gasteiger charge is -2.25. The molecule has 1 atom stereocenters. The summed E-state index contributed by atoms with van der Waals surface area (Å²) in [5, 5.41) is 14.8. The number of carbonyl (C=O) groups is 2. The molecule has 6 heteroatoms. The van der Waals surface area contributed by atoms with Gasteiger partial charge in [0, 0.05) is 19.6 Å². The molecule has 0 spiro atoms. The molecule has 0 heterocycles. The Bertz CT molecular complexity index is 298. The van der Waals surface area contributed by atoms with Gasteiger partial charge in [0.2, 0.25) is 0 Å². The van der Waals surface area contributed by atoms with Gasteiger partial charge in [0.25, 0.3) is 0 Å². The summed E-state index contributed by atoms with van der Waals surface area (Å²) in [7, 11) is 3.78. The van der Waals surface area contributed by atoms with Gasteiger partial charge in [0.05, 0.1) is 6.10 Å². The molecule has 0 aromatic rings. The molecule has 0 unspecified atom stereocenters. The fraction of sp³-hybridized carbons (Fsp3) is 0.846. The Morgan fingerprint density at radius 2 is 1.58 bits per heavy atom. The van der Waals surface area contributed by atoms with Gasteiger partial charge >= 0.3 is 11.8 Å². The van der Waals surface area contributed by atoms with Crippen LogP contribution in [0.1, 0.15) is 27.2 Å². The van der Waals surface area contributed by atoms with Gasteiger partial charge in [-0.25, -0.2) is 0 Å². The Balaban J connectivity index is 3.83. The number of carbonyl (C=O) groups excluding carboxylic acids is 2. The van der Waals surface area contributed by atoms with Crippen LogP contribution in [0.3, 0.4) is 0 Å². The van der Waals surface area contributed by atoms with Crippen LogP contribution in [0.4, 0.5) is 0 Å². The van der Waals surface area contributed by atoms with Gasteiger partial charge in [-0.15, -0.1) is 0 Å². The maximum atomic E-state index is 11.4. The Morgan fingerprint density at radius 1 is 1.11 bits per heavy atom. The number of aliphatic hydroxyl groups is 1. The summed E-state index contributed by atoms with van der Waals surface area (Å²) in [6, 6.07) is 0. The van der Waals surface area contributed by atoms with Crippen LogP contribution < -0.4 is 10.6 Å². The van der Waals surface area contributed by atoms with Crippen molar-refractivity contribution in [1.82, 2.24) is 15.5 Å². The lowest BCUT2D eigenvalue weighted by Crippen LogP contribution is -2.43. The van der Waals surface area contributed by atoms with E-state index >= 15 is 0 Å². The van der Waals surface area contributed by atoms with Crippen LogP contribution in [-0.2, 0) is 9.59 Å². The van der Waals surface area contributed by atoms with E-state index in [9.17, 15) is 14.7 Å². The average Bonchev–Trinajstić information content (AvgIpc) is 2.26. The SMILES string of the molecule is CN(C)CCNC(=O)C(=O)NCC[C@@H](O)C(C)(C)C. The highest BCUT2D eigenvalue weighted by molar-refractivity contribution is 6.35. The van der Waals surface area contributed by atoms with Crippen molar-refractivity contribution in [2.24, 2.45) is 5.41 Å². The van der Waals surface area contributed by atoms with E-state index in [2.05, 4.69) is 10.6 Å². The highest BCUT2D eigenvalue weighted by atomic mass is 16.3. The Hall–Kier alpha value is -1.14. The van der Waals surface area contributed by atoms with E-state index in [0.29, 0.717) is 26.1 Å². The molecule has 112 valence electrons. The molecule has 0 bridgehead atoms. The monoisotopic (exact) mass is 273 g/mol. The van der Waals surface area contributed by atoms with Crippen molar-refractivity contribution in [2.75, 3.05) is 33.7 Å². The van der Waals surface area contributed by atoms with Crippen LogP contribution >= 0.6 is 0 Å². The molecule has 0 aromatic heterocycles. The number of hydrogen-bond acceptors (Lipinski definition) is 4. The second-order valence-electron chi connectivity index (χ2n) is 5.99. The van der Waals surface area contributed by atoms with Gasteiger partial charge in [-0.2, -0.15) is 0 Å². The maximum absolute atomic E-state index is 11.4. The molecule has 0 saturated heterocycles. The number of hydrogen-bond donors (Lipinski definition) is 3. The summed E-state index contributed by atoms with van der Waals surface area (Å²) in [6.45, 7) is 7.18. The second-order valence-corrected chi connectivity index (χ2v) is 5.99. The van der Waals surface area contributed by atoms with Gasteiger partial charge in [-0.05, 0) is 25.9 Å². The third-order valence-electron chi connectivity index (χ3n) is 2.75. The van der Waals surface area contributed by atoms with Gasteiger partial charge in [-0.3, -0.25) is 9.59 Å². The zero-order valence-corrected chi connectivity index (χ0v) is 12.6. The highest BCUT2D eigenvalue weighted by Gasteiger charge is 2.22. The average molecular weight is 273 g/mol. The molecule has 19 heavy (non-hydrogen) atoms. The number of nitrogens with one attached hydrogen (secondary N) is 2. The second kappa shape index (κ2) is 8.12. The summed E-state index contributed by atoms with van der Waals surface area (Å²) in [6.07, 6.45) is -0.0789. The van der Waals surface area contributed by atoms with E-state index in [4.69, 9.17) is 0 Å². The minimum Gasteiger partial charge on any atom is -0.393 e. The molecular weight excluding hydrogens is 246 g/mol. The first-order valence-electron chi connectivity index (χ1n) is 6.53. The van der Waals surface area contributed by atoms with E-state index in [1.165, 1.54) is 0 Å². The van der Waals surface area contributed by atoms with Crippen LogP contribution in [0.15, 0.2) is 0 Å². The van der Waals surface area contributed by atoms with E-state index < -0.39 is 17.9 Å². The number of aliphatic hydroxyl groups excluding tert-OH is 1. The zero-order chi connectivity index (χ0) is 15.1. The number of nitrogens with zero attached hydrogens (tertiary/aromatic N) is 1. The van der Waals surface area contributed by atoms with Crippen molar-refractivity contribution in [3.05, 3.63) is 0 Å². The Labute approximate surface area is 115 Å². The molecule has 2 amide bonds. The lowest BCUT2D eigenvalue weighted by molar-refractivity contribution is -0.139. The minimum atomic E-state index is -0.653. The fourth-order valence-electron chi connectivity index (χ4n) is 1.31. The number of amides is 2. The first kappa shape index (κ1) is 17.9. The van der Waals surface area contributed by atoms with Crippen LogP contribution in [0.25, 0.3) is 0 Å².